The van der Waals surface area contributed by atoms with Gasteiger partial charge in [-0.15, -0.1) is 0 Å². The van der Waals surface area contributed by atoms with Crippen molar-refractivity contribution in [1.29, 1.82) is 0 Å². The largest absolute Gasteiger partial charge is 0.339 e. The number of nitrogens with one attached hydrogen (secondary N) is 1. The van der Waals surface area contributed by atoms with E-state index >= 15 is 0 Å². The summed E-state index contributed by atoms with van der Waals surface area (Å²) in [6, 6.07) is 11.8. The Bertz CT molecular complexity index is 485. The molecule has 2 rings (SSSR count). The zero-order valence-corrected chi connectivity index (χ0v) is 10.2. The summed E-state index contributed by atoms with van der Waals surface area (Å²) in [5.74, 6) is 0.801. The number of hydrogen-bond donors (Lipinski definition) is 2. The van der Waals surface area contributed by atoms with Crippen LogP contribution >= 0.6 is 15.9 Å². The van der Waals surface area contributed by atoms with Gasteiger partial charge < -0.3 is 11.1 Å². The van der Waals surface area contributed by atoms with Gasteiger partial charge in [0.15, 0.2) is 0 Å². The average molecular weight is 278 g/mol. The average Bonchev–Trinajstić information content (AvgIpc) is 2.32. The first-order valence-corrected chi connectivity index (χ1v) is 5.75. The first kappa shape index (κ1) is 11.1. The van der Waals surface area contributed by atoms with E-state index in [0.717, 1.165) is 21.5 Å². The summed E-state index contributed by atoms with van der Waals surface area (Å²) < 4.78 is 1.01. The number of anilines is 2. The number of aromatic nitrogens is 1. The van der Waals surface area contributed by atoms with Crippen molar-refractivity contribution < 1.29 is 0 Å². The molecule has 0 atom stereocenters. The number of halogens is 1. The predicted molar refractivity (Wildman–Crippen MR) is 69.6 cm³/mol. The Morgan fingerprint density at radius 3 is 2.81 bits per heavy atom. The predicted octanol–water partition coefficient (Wildman–Crippen LogP) is 3.05. The van der Waals surface area contributed by atoms with E-state index in [9.17, 15) is 0 Å². The fourth-order valence-electron chi connectivity index (χ4n) is 1.37. The third-order valence-corrected chi connectivity index (χ3v) is 2.89. The van der Waals surface area contributed by atoms with Gasteiger partial charge in [-0.3, -0.25) is 0 Å². The van der Waals surface area contributed by atoms with Crippen LogP contribution in [0.1, 0.15) is 5.56 Å². The SMILES string of the molecule is NCc1ccnc(Nc2ccccc2Br)c1. The molecule has 1 aromatic carbocycles. The summed E-state index contributed by atoms with van der Waals surface area (Å²) in [6.45, 7) is 0.521. The van der Waals surface area contributed by atoms with Crippen molar-refractivity contribution in [3.05, 3.63) is 52.6 Å². The quantitative estimate of drug-likeness (QED) is 0.907. The van der Waals surface area contributed by atoms with Crippen molar-refractivity contribution >= 4 is 27.4 Å². The van der Waals surface area contributed by atoms with Crippen LogP contribution in [-0.2, 0) is 6.54 Å². The molecule has 0 unspecified atom stereocenters. The Balaban J connectivity index is 2.24. The third-order valence-electron chi connectivity index (χ3n) is 2.20. The highest BCUT2D eigenvalue weighted by Crippen LogP contribution is 2.24. The maximum Gasteiger partial charge on any atom is 0.130 e. The maximum atomic E-state index is 5.58. The molecule has 0 saturated carbocycles. The summed E-state index contributed by atoms with van der Waals surface area (Å²) >= 11 is 3.47. The fourth-order valence-corrected chi connectivity index (χ4v) is 1.75. The minimum atomic E-state index is 0.521. The smallest absolute Gasteiger partial charge is 0.130 e. The second-order valence-corrected chi connectivity index (χ2v) is 4.21. The number of nitrogens with zero attached hydrogens (tertiary/aromatic N) is 1. The van der Waals surface area contributed by atoms with Gasteiger partial charge in [-0.25, -0.2) is 4.98 Å². The van der Waals surface area contributed by atoms with Crippen molar-refractivity contribution in [2.24, 2.45) is 5.73 Å². The minimum Gasteiger partial charge on any atom is -0.339 e. The van der Waals surface area contributed by atoms with Crippen molar-refractivity contribution in [2.45, 2.75) is 6.54 Å². The molecule has 0 amide bonds. The molecule has 0 saturated heterocycles. The van der Waals surface area contributed by atoms with Gasteiger partial charge in [0.05, 0.1) is 5.69 Å². The van der Waals surface area contributed by atoms with Gasteiger partial charge in [-0.2, -0.15) is 0 Å². The number of rotatable bonds is 3. The topological polar surface area (TPSA) is 50.9 Å². The van der Waals surface area contributed by atoms with E-state index in [1.54, 1.807) is 6.20 Å². The summed E-state index contributed by atoms with van der Waals surface area (Å²) in [5.41, 5.74) is 7.63. The van der Waals surface area contributed by atoms with E-state index < -0.39 is 0 Å². The molecule has 82 valence electrons. The van der Waals surface area contributed by atoms with Crippen molar-refractivity contribution in [3.8, 4) is 0 Å². The molecular formula is C12H12BrN3. The number of benzene rings is 1. The number of hydrogen-bond acceptors (Lipinski definition) is 3. The van der Waals surface area contributed by atoms with Gasteiger partial charge in [0, 0.05) is 17.2 Å². The molecule has 2 aromatic rings. The molecule has 3 nitrogen and oxygen atoms in total. The first-order valence-electron chi connectivity index (χ1n) is 4.96. The molecular weight excluding hydrogens is 266 g/mol. The van der Waals surface area contributed by atoms with Crippen LogP contribution in [-0.4, -0.2) is 4.98 Å². The van der Waals surface area contributed by atoms with E-state index in [1.165, 1.54) is 0 Å². The second kappa shape index (κ2) is 5.09. The Labute approximate surface area is 103 Å². The van der Waals surface area contributed by atoms with Gasteiger partial charge in [0.1, 0.15) is 5.82 Å². The lowest BCUT2D eigenvalue weighted by Gasteiger charge is -2.08. The molecule has 0 spiro atoms. The van der Waals surface area contributed by atoms with Crippen molar-refractivity contribution in [3.63, 3.8) is 0 Å². The molecule has 1 heterocycles. The molecule has 0 aliphatic heterocycles. The van der Waals surface area contributed by atoms with E-state index in [-0.39, 0.29) is 0 Å². The van der Waals surface area contributed by atoms with Crippen LogP contribution < -0.4 is 11.1 Å². The van der Waals surface area contributed by atoms with Crippen LogP contribution in [0.4, 0.5) is 11.5 Å². The van der Waals surface area contributed by atoms with E-state index in [0.29, 0.717) is 6.54 Å². The number of para-hydroxylation sites is 1. The summed E-state index contributed by atoms with van der Waals surface area (Å²) in [4.78, 5) is 4.24. The van der Waals surface area contributed by atoms with Gasteiger partial charge >= 0.3 is 0 Å². The lowest BCUT2D eigenvalue weighted by Crippen LogP contribution is -1.99. The highest BCUT2D eigenvalue weighted by atomic mass is 79.9. The minimum absolute atomic E-state index is 0.521. The molecule has 0 radical (unpaired) electrons. The Kier molecular flexibility index (Phi) is 3.54. The Morgan fingerprint density at radius 1 is 1.25 bits per heavy atom. The maximum absolute atomic E-state index is 5.58. The highest BCUT2D eigenvalue weighted by molar-refractivity contribution is 9.10. The second-order valence-electron chi connectivity index (χ2n) is 3.36. The first-order chi connectivity index (χ1) is 7.79. The third kappa shape index (κ3) is 2.59. The molecule has 1 aromatic heterocycles. The summed E-state index contributed by atoms with van der Waals surface area (Å²) in [7, 11) is 0. The van der Waals surface area contributed by atoms with Gasteiger partial charge in [0.25, 0.3) is 0 Å². The van der Waals surface area contributed by atoms with Crippen LogP contribution in [0, 0.1) is 0 Å². The monoisotopic (exact) mass is 277 g/mol. The van der Waals surface area contributed by atoms with E-state index in [2.05, 4.69) is 26.2 Å². The van der Waals surface area contributed by atoms with Gasteiger partial charge in [-0.1, -0.05) is 12.1 Å². The van der Waals surface area contributed by atoms with Gasteiger partial charge in [-0.05, 0) is 45.8 Å². The van der Waals surface area contributed by atoms with Crippen molar-refractivity contribution in [1.82, 2.24) is 4.98 Å². The normalized spacial score (nSPS) is 10.1. The number of nitrogens with two attached hydrogens (primary N) is 1. The Morgan fingerprint density at radius 2 is 2.06 bits per heavy atom. The van der Waals surface area contributed by atoms with Crippen LogP contribution in [0.5, 0.6) is 0 Å². The molecule has 16 heavy (non-hydrogen) atoms. The molecule has 4 heteroatoms. The lowest BCUT2D eigenvalue weighted by molar-refractivity contribution is 1.06. The zero-order valence-electron chi connectivity index (χ0n) is 8.65. The summed E-state index contributed by atoms with van der Waals surface area (Å²) in [5, 5.41) is 3.23. The number of pyridine rings is 1. The van der Waals surface area contributed by atoms with Crippen molar-refractivity contribution in [2.75, 3.05) is 5.32 Å². The van der Waals surface area contributed by atoms with Crippen LogP contribution in [0.25, 0.3) is 0 Å². The zero-order chi connectivity index (χ0) is 11.4. The van der Waals surface area contributed by atoms with Crippen LogP contribution in [0.2, 0.25) is 0 Å². The van der Waals surface area contributed by atoms with E-state index in [1.807, 2.05) is 36.4 Å². The highest BCUT2D eigenvalue weighted by Gasteiger charge is 2.00. The fraction of sp³-hybridized carbons (Fsp3) is 0.0833. The van der Waals surface area contributed by atoms with Gasteiger partial charge in [0.2, 0.25) is 0 Å². The Hall–Kier alpha value is -1.39. The lowest BCUT2D eigenvalue weighted by atomic mass is 10.2. The molecule has 0 aliphatic rings. The van der Waals surface area contributed by atoms with Crippen LogP contribution in [0.3, 0.4) is 0 Å². The molecule has 0 bridgehead atoms. The molecule has 3 N–H and O–H groups in total. The standard InChI is InChI=1S/C12H12BrN3/c13-10-3-1-2-4-11(10)16-12-7-9(8-14)5-6-15-12/h1-7H,8,14H2,(H,15,16). The molecule has 0 aliphatic carbocycles. The van der Waals surface area contributed by atoms with Crippen LogP contribution in [0.15, 0.2) is 47.1 Å². The summed E-state index contributed by atoms with van der Waals surface area (Å²) in [6.07, 6.45) is 1.75. The molecule has 0 fully saturated rings. The van der Waals surface area contributed by atoms with E-state index in [4.69, 9.17) is 5.73 Å².